The largest absolute Gasteiger partial charge is 0.344 e. The quantitative estimate of drug-likeness (QED) is 0.294. The molecule has 0 amide bonds. The zero-order valence-electron chi connectivity index (χ0n) is 14.9. The molecule has 128 valence electrons. The Morgan fingerprint density at radius 3 is 2.10 bits per heavy atom. The normalized spacial score (nSPS) is 16.1. The summed E-state index contributed by atoms with van der Waals surface area (Å²) in [5.74, 6) is 1.25. The van der Waals surface area contributed by atoms with E-state index >= 15 is 0 Å². The van der Waals surface area contributed by atoms with Gasteiger partial charge in [0.15, 0.2) is 0 Å². The molecule has 0 heterocycles. The second-order valence-electron chi connectivity index (χ2n) is 7.12. The number of unbranched alkanes of at least 4 members (excludes halogenated alkanes) is 5. The molecular formula is C18H39O2P. The summed E-state index contributed by atoms with van der Waals surface area (Å²) in [7, 11) is -2.88. The highest BCUT2D eigenvalue weighted by Crippen LogP contribution is 2.45. The topological polar surface area (TPSA) is 37.3 Å². The van der Waals surface area contributed by atoms with Crippen LogP contribution in [0.4, 0.5) is 0 Å². The monoisotopic (exact) mass is 318 g/mol. The van der Waals surface area contributed by atoms with Gasteiger partial charge in [0.25, 0.3) is 0 Å². The second kappa shape index (κ2) is 12.7. The molecule has 0 saturated heterocycles. The summed E-state index contributed by atoms with van der Waals surface area (Å²) in [6.45, 7) is 8.87. The second-order valence-corrected chi connectivity index (χ2v) is 9.62. The molecule has 0 aromatic carbocycles. The molecule has 0 aliphatic heterocycles. The van der Waals surface area contributed by atoms with Crippen LogP contribution in [0.15, 0.2) is 0 Å². The summed E-state index contributed by atoms with van der Waals surface area (Å²) < 4.78 is 12.3. The highest BCUT2D eigenvalue weighted by molar-refractivity contribution is 7.57. The molecule has 0 fully saturated rings. The van der Waals surface area contributed by atoms with Crippen molar-refractivity contribution in [3.63, 3.8) is 0 Å². The van der Waals surface area contributed by atoms with Crippen LogP contribution in [0.25, 0.3) is 0 Å². The molecule has 0 aromatic rings. The predicted octanol–water partition coefficient (Wildman–Crippen LogP) is 6.47. The molecule has 1 N–H and O–H groups in total. The van der Waals surface area contributed by atoms with Crippen molar-refractivity contribution in [1.82, 2.24) is 0 Å². The molecule has 0 aliphatic rings. The third-order valence-electron chi connectivity index (χ3n) is 4.38. The maximum absolute atomic E-state index is 12.3. The minimum absolute atomic E-state index is 0.451. The van der Waals surface area contributed by atoms with Crippen LogP contribution >= 0.6 is 7.37 Å². The van der Waals surface area contributed by atoms with E-state index in [0.29, 0.717) is 18.2 Å². The molecule has 2 atom stereocenters. The lowest BCUT2D eigenvalue weighted by molar-refractivity contribution is 0.434. The van der Waals surface area contributed by atoms with Crippen LogP contribution in [-0.4, -0.2) is 17.2 Å². The molecule has 0 spiro atoms. The van der Waals surface area contributed by atoms with Crippen molar-refractivity contribution >= 4 is 7.37 Å². The van der Waals surface area contributed by atoms with Gasteiger partial charge in [-0.3, -0.25) is 4.57 Å². The smallest absolute Gasteiger partial charge is 0.200 e. The van der Waals surface area contributed by atoms with Gasteiger partial charge in [-0.1, -0.05) is 79.1 Å². The van der Waals surface area contributed by atoms with E-state index in [0.717, 1.165) is 31.6 Å². The van der Waals surface area contributed by atoms with Crippen molar-refractivity contribution in [2.45, 2.75) is 91.9 Å². The summed E-state index contributed by atoms with van der Waals surface area (Å²) in [5.41, 5.74) is 0. The molecule has 2 nitrogen and oxygen atoms in total. The van der Waals surface area contributed by atoms with E-state index < -0.39 is 7.37 Å². The lowest BCUT2D eigenvalue weighted by atomic mass is 10.0. The third-order valence-corrected chi connectivity index (χ3v) is 6.48. The Labute approximate surface area is 133 Å². The van der Waals surface area contributed by atoms with Gasteiger partial charge in [-0.05, 0) is 24.7 Å². The molecular weight excluding hydrogens is 279 g/mol. The molecule has 0 rings (SSSR count). The summed E-state index contributed by atoms with van der Waals surface area (Å²) >= 11 is 0. The molecule has 0 aromatic heterocycles. The van der Waals surface area contributed by atoms with Gasteiger partial charge in [0.2, 0.25) is 7.37 Å². The summed E-state index contributed by atoms with van der Waals surface area (Å²) in [6, 6.07) is 0. The molecule has 2 unspecified atom stereocenters. The van der Waals surface area contributed by atoms with Crippen LogP contribution in [0.2, 0.25) is 0 Å². The molecule has 0 aliphatic carbocycles. The highest BCUT2D eigenvalue weighted by Gasteiger charge is 2.22. The van der Waals surface area contributed by atoms with Gasteiger partial charge in [-0.15, -0.1) is 0 Å². The zero-order chi connectivity index (χ0) is 16.1. The van der Waals surface area contributed by atoms with Crippen LogP contribution in [-0.2, 0) is 4.57 Å². The van der Waals surface area contributed by atoms with E-state index in [2.05, 4.69) is 27.7 Å². The van der Waals surface area contributed by atoms with Crippen LogP contribution in [0.3, 0.4) is 0 Å². The molecule has 21 heavy (non-hydrogen) atoms. The van der Waals surface area contributed by atoms with Gasteiger partial charge in [0, 0.05) is 12.3 Å². The van der Waals surface area contributed by atoms with E-state index in [-0.39, 0.29) is 0 Å². The first kappa shape index (κ1) is 21.2. The summed E-state index contributed by atoms with van der Waals surface area (Å²) in [5, 5.41) is 0. The minimum Gasteiger partial charge on any atom is -0.344 e. The van der Waals surface area contributed by atoms with Crippen LogP contribution < -0.4 is 0 Å². The molecule has 0 bridgehead atoms. The van der Waals surface area contributed by atoms with Crippen molar-refractivity contribution in [1.29, 1.82) is 0 Å². The van der Waals surface area contributed by atoms with Gasteiger partial charge >= 0.3 is 0 Å². The van der Waals surface area contributed by atoms with E-state index in [1.54, 1.807) is 0 Å². The Kier molecular flexibility index (Phi) is 12.8. The maximum atomic E-state index is 12.3. The van der Waals surface area contributed by atoms with Gasteiger partial charge in [-0.2, -0.15) is 0 Å². The lowest BCUT2D eigenvalue weighted by Gasteiger charge is -2.19. The zero-order valence-corrected chi connectivity index (χ0v) is 15.8. The Morgan fingerprint density at radius 1 is 0.905 bits per heavy atom. The average Bonchev–Trinajstić information content (AvgIpc) is 2.41. The van der Waals surface area contributed by atoms with Crippen molar-refractivity contribution in [2.24, 2.45) is 11.8 Å². The van der Waals surface area contributed by atoms with Gasteiger partial charge < -0.3 is 4.89 Å². The molecule has 0 saturated carbocycles. The summed E-state index contributed by atoms with van der Waals surface area (Å²) in [6.07, 6.45) is 12.8. The Hall–Kier alpha value is 0.190. The molecule has 0 radical (unpaired) electrons. The number of hydrogen-bond donors (Lipinski definition) is 1. The first-order valence-corrected chi connectivity index (χ1v) is 11.2. The van der Waals surface area contributed by atoms with Crippen molar-refractivity contribution in [2.75, 3.05) is 12.3 Å². The number of hydrogen-bond acceptors (Lipinski definition) is 1. The molecule has 3 heteroatoms. The van der Waals surface area contributed by atoms with Crippen molar-refractivity contribution in [3.05, 3.63) is 0 Å². The minimum atomic E-state index is -2.88. The Morgan fingerprint density at radius 2 is 1.52 bits per heavy atom. The predicted molar refractivity (Wildman–Crippen MR) is 95.4 cm³/mol. The van der Waals surface area contributed by atoms with Crippen LogP contribution in [0.1, 0.15) is 91.9 Å². The standard InChI is InChI=1S/C18H39O2P/c1-5-7-14-18(6-2)16-21(19,20)15-12-10-8-9-11-13-17(3)4/h17-18H,5-16H2,1-4H3,(H,19,20). The fraction of sp³-hybridized carbons (Fsp3) is 1.00. The fourth-order valence-corrected chi connectivity index (χ4v) is 5.00. The van der Waals surface area contributed by atoms with E-state index in [9.17, 15) is 9.46 Å². The van der Waals surface area contributed by atoms with E-state index in [1.165, 1.54) is 38.5 Å². The Balaban J connectivity index is 3.73. The summed E-state index contributed by atoms with van der Waals surface area (Å²) in [4.78, 5) is 10.1. The van der Waals surface area contributed by atoms with E-state index in [4.69, 9.17) is 0 Å². The highest BCUT2D eigenvalue weighted by atomic mass is 31.2. The first-order valence-electron chi connectivity index (χ1n) is 9.22. The fourth-order valence-electron chi connectivity index (χ4n) is 2.85. The van der Waals surface area contributed by atoms with Gasteiger partial charge in [0.1, 0.15) is 0 Å². The van der Waals surface area contributed by atoms with Gasteiger partial charge in [-0.25, -0.2) is 0 Å². The van der Waals surface area contributed by atoms with Crippen LogP contribution in [0, 0.1) is 11.8 Å². The maximum Gasteiger partial charge on any atom is 0.200 e. The third kappa shape index (κ3) is 13.6. The van der Waals surface area contributed by atoms with Crippen molar-refractivity contribution in [3.8, 4) is 0 Å². The van der Waals surface area contributed by atoms with Gasteiger partial charge in [0.05, 0.1) is 0 Å². The Bertz CT molecular complexity index is 276. The SMILES string of the molecule is CCCCC(CC)CP(=O)(O)CCCCCCCC(C)C. The van der Waals surface area contributed by atoms with Crippen molar-refractivity contribution < 1.29 is 9.46 Å². The van der Waals surface area contributed by atoms with Crippen LogP contribution in [0.5, 0.6) is 0 Å². The average molecular weight is 318 g/mol. The number of rotatable bonds is 14. The lowest BCUT2D eigenvalue weighted by Crippen LogP contribution is -2.08. The van der Waals surface area contributed by atoms with E-state index in [1.807, 2.05) is 0 Å². The first-order chi connectivity index (χ1) is 9.91.